The second kappa shape index (κ2) is 6.04. The van der Waals surface area contributed by atoms with Gasteiger partial charge in [0.15, 0.2) is 11.4 Å². The Morgan fingerprint density at radius 3 is 2.96 bits per heavy atom. The first-order chi connectivity index (χ1) is 12.2. The van der Waals surface area contributed by atoms with Crippen LogP contribution in [0.5, 0.6) is 0 Å². The third-order valence-corrected chi connectivity index (χ3v) is 3.50. The zero-order chi connectivity index (χ0) is 17.2. The van der Waals surface area contributed by atoms with E-state index >= 15 is 0 Å². The fraction of sp³-hybridized carbons (Fsp3) is 0.0625. The Balaban J connectivity index is 1.60. The second-order valence-electron chi connectivity index (χ2n) is 5.23. The SMILES string of the molecule is Nc1nc(C(=O)NCc2cccnc2)cc2nc(-c3ccco3)nn12. The van der Waals surface area contributed by atoms with Crippen molar-refractivity contribution >= 4 is 17.5 Å². The highest BCUT2D eigenvalue weighted by Gasteiger charge is 2.15. The number of amides is 1. The van der Waals surface area contributed by atoms with E-state index in [-0.39, 0.29) is 17.5 Å². The van der Waals surface area contributed by atoms with E-state index in [4.69, 9.17) is 10.2 Å². The van der Waals surface area contributed by atoms with Crippen LogP contribution in [0.25, 0.3) is 17.2 Å². The van der Waals surface area contributed by atoms with E-state index in [2.05, 4.69) is 25.4 Å². The molecule has 0 aromatic carbocycles. The molecule has 0 aliphatic heterocycles. The lowest BCUT2D eigenvalue weighted by Gasteiger charge is -2.05. The number of carbonyl (C=O) groups excluding carboxylic acids is 1. The zero-order valence-electron chi connectivity index (χ0n) is 13.0. The summed E-state index contributed by atoms with van der Waals surface area (Å²) in [7, 11) is 0. The smallest absolute Gasteiger partial charge is 0.270 e. The molecular formula is C16H13N7O2. The number of rotatable bonds is 4. The molecule has 0 aliphatic rings. The second-order valence-corrected chi connectivity index (χ2v) is 5.23. The number of aromatic nitrogens is 5. The molecule has 9 heteroatoms. The highest BCUT2D eigenvalue weighted by atomic mass is 16.3. The molecule has 4 aromatic rings. The number of hydrogen-bond acceptors (Lipinski definition) is 7. The summed E-state index contributed by atoms with van der Waals surface area (Å²) in [6, 6.07) is 8.66. The summed E-state index contributed by atoms with van der Waals surface area (Å²) >= 11 is 0. The average molecular weight is 335 g/mol. The van der Waals surface area contributed by atoms with Crippen LogP contribution in [0.3, 0.4) is 0 Å². The van der Waals surface area contributed by atoms with Crippen LogP contribution in [0.4, 0.5) is 5.95 Å². The first-order valence-corrected chi connectivity index (χ1v) is 7.45. The third kappa shape index (κ3) is 2.90. The summed E-state index contributed by atoms with van der Waals surface area (Å²) in [5.74, 6) is 0.576. The maximum absolute atomic E-state index is 12.3. The fourth-order valence-electron chi connectivity index (χ4n) is 2.31. The van der Waals surface area contributed by atoms with Crippen molar-refractivity contribution in [3.63, 3.8) is 0 Å². The molecule has 3 N–H and O–H groups in total. The van der Waals surface area contributed by atoms with Gasteiger partial charge in [0.25, 0.3) is 5.91 Å². The number of anilines is 1. The largest absolute Gasteiger partial charge is 0.461 e. The molecule has 0 saturated heterocycles. The van der Waals surface area contributed by atoms with E-state index < -0.39 is 0 Å². The normalized spacial score (nSPS) is 10.9. The number of hydrogen-bond donors (Lipinski definition) is 2. The molecule has 4 heterocycles. The molecule has 4 aromatic heterocycles. The number of pyridine rings is 1. The molecule has 25 heavy (non-hydrogen) atoms. The molecule has 1 amide bonds. The number of nitrogens with one attached hydrogen (secondary N) is 1. The Kier molecular flexibility index (Phi) is 3.58. The lowest BCUT2D eigenvalue weighted by Crippen LogP contribution is -2.24. The lowest BCUT2D eigenvalue weighted by atomic mass is 10.3. The summed E-state index contributed by atoms with van der Waals surface area (Å²) in [4.78, 5) is 24.7. The quantitative estimate of drug-likeness (QED) is 0.576. The van der Waals surface area contributed by atoms with Gasteiger partial charge in [-0.15, -0.1) is 5.10 Å². The predicted molar refractivity (Wildman–Crippen MR) is 88.3 cm³/mol. The molecule has 9 nitrogen and oxygen atoms in total. The minimum absolute atomic E-state index is 0.0642. The van der Waals surface area contributed by atoms with E-state index in [1.165, 1.54) is 16.8 Å². The molecule has 0 atom stereocenters. The molecule has 0 radical (unpaired) electrons. The van der Waals surface area contributed by atoms with Crippen molar-refractivity contribution < 1.29 is 9.21 Å². The minimum atomic E-state index is -0.361. The van der Waals surface area contributed by atoms with Crippen LogP contribution in [0.15, 0.2) is 53.4 Å². The van der Waals surface area contributed by atoms with Crippen LogP contribution < -0.4 is 11.1 Å². The van der Waals surface area contributed by atoms with Gasteiger partial charge in [0.2, 0.25) is 11.8 Å². The molecule has 0 aliphatic carbocycles. The van der Waals surface area contributed by atoms with E-state index in [9.17, 15) is 4.79 Å². The monoisotopic (exact) mass is 335 g/mol. The highest BCUT2D eigenvalue weighted by molar-refractivity contribution is 5.93. The van der Waals surface area contributed by atoms with Crippen LogP contribution in [0.2, 0.25) is 0 Å². The summed E-state index contributed by atoms with van der Waals surface area (Å²) < 4.78 is 6.63. The lowest BCUT2D eigenvalue weighted by molar-refractivity contribution is 0.0946. The maximum Gasteiger partial charge on any atom is 0.270 e. The summed E-state index contributed by atoms with van der Waals surface area (Å²) in [5, 5.41) is 7.00. The minimum Gasteiger partial charge on any atom is -0.461 e. The van der Waals surface area contributed by atoms with Crippen LogP contribution in [0, 0.1) is 0 Å². The van der Waals surface area contributed by atoms with Gasteiger partial charge in [0, 0.05) is 25.0 Å². The van der Waals surface area contributed by atoms with Gasteiger partial charge in [-0.05, 0) is 23.8 Å². The van der Waals surface area contributed by atoms with Crippen molar-refractivity contribution in [2.24, 2.45) is 0 Å². The van der Waals surface area contributed by atoms with E-state index in [0.717, 1.165) is 5.56 Å². The molecule has 0 spiro atoms. The number of nitrogens with two attached hydrogens (primary N) is 1. The molecular weight excluding hydrogens is 322 g/mol. The number of fused-ring (bicyclic) bond motifs is 1. The van der Waals surface area contributed by atoms with Gasteiger partial charge >= 0.3 is 0 Å². The van der Waals surface area contributed by atoms with Gasteiger partial charge in [-0.1, -0.05) is 6.07 Å². The van der Waals surface area contributed by atoms with Gasteiger partial charge < -0.3 is 15.5 Å². The van der Waals surface area contributed by atoms with Crippen molar-refractivity contribution in [1.82, 2.24) is 29.9 Å². The van der Waals surface area contributed by atoms with E-state index in [1.54, 1.807) is 30.6 Å². The molecule has 124 valence electrons. The van der Waals surface area contributed by atoms with Crippen LogP contribution in [0.1, 0.15) is 16.1 Å². The van der Waals surface area contributed by atoms with Crippen molar-refractivity contribution in [3.8, 4) is 11.6 Å². The summed E-state index contributed by atoms with van der Waals surface area (Å²) in [6.45, 7) is 0.337. The Labute approximate surface area is 141 Å². The number of furan rings is 1. The van der Waals surface area contributed by atoms with Gasteiger partial charge in [0.05, 0.1) is 6.26 Å². The van der Waals surface area contributed by atoms with Crippen LogP contribution >= 0.6 is 0 Å². The first kappa shape index (κ1) is 14.8. The van der Waals surface area contributed by atoms with Gasteiger partial charge in [-0.25, -0.2) is 9.97 Å². The Bertz CT molecular complexity index is 1030. The highest BCUT2D eigenvalue weighted by Crippen LogP contribution is 2.18. The van der Waals surface area contributed by atoms with E-state index in [1.807, 2.05) is 6.07 Å². The maximum atomic E-state index is 12.3. The number of nitrogen functional groups attached to an aromatic ring is 1. The van der Waals surface area contributed by atoms with E-state index in [0.29, 0.717) is 23.8 Å². The van der Waals surface area contributed by atoms with Crippen molar-refractivity contribution in [2.45, 2.75) is 6.54 Å². The van der Waals surface area contributed by atoms with Crippen molar-refractivity contribution in [3.05, 3.63) is 60.2 Å². The Hall–Kier alpha value is -3.75. The van der Waals surface area contributed by atoms with Crippen LogP contribution in [-0.2, 0) is 6.54 Å². The predicted octanol–water partition coefficient (Wildman–Crippen LogP) is 1.29. The van der Waals surface area contributed by atoms with Gasteiger partial charge in [-0.3, -0.25) is 9.78 Å². The zero-order valence-corrected chi connectivity index (χ0v) is 13.0. The van der Waals surface area contributed by atoms with Gasteiger partial charge in [-0.2, -0.15) is 4.52 Å². The molecule has 0 fully saturated rings. The standard InChI is InChI=1S/C16H13N7O2/c17-16-20-11(15(24)19-9-10-3-1-5-18-8-10)7-13-21-14(22-23(13)16)12-4-2-6-25-12/h1-8H,9H2,(H2,17,20)(H,19,24). The fourth-order valence-corrected chi connectivity index (χ4v) is 2.31. The Morgan fingerprint density at radius 1 is 1.28 bits per heavy atom. The first-order valence-electron chi connectivity index (χ1n) is 7.45. The van der Waals surface area contributed by atoms with Crippen LogP contribution in [-0.4, -0.2) is 30.5 Å². The number of carbonyl (C=O) groups is 1. The summed E-state index contributed by atoms with van der Waals surface area (Å²) in [5.41, 5.74) is 7.35. The topological polar surface area (TPSA) is 124 Å². The Morgan fingerprint density at radius 2 is 2.20 bits per heavy atom. The average Bonchev–Trinajstić information content (AvgIpc) is 3.29. The third-order valence-electron chi connectivity index (χ3n) is 3.50. The van der Waals surface area contributed by atoms with Crippen molar-refractivity contribution in [1.29, 1.82) is 0 Å². The van der Waals surface area contributed by atoms with Gasteiger partial charge in [0.1, 0.15) is 5.69 Å². The molecule has 0 bridgehead atoms. The molecule has 4 rings (SSSR count). The number of nitrogens with zero attached hydrogens (tertiary/aromatic N) is 5. The van der Waals surface area contributed by atoms with Crippen molar-refractivity contribution in [2.75, 3.05) is 5.73 Å². The summed E-state index contributed by atoms with van der Waals surface area (Å²) in [6.07, 6.45) is 4.88. The molecule has 0 unspecified atom stereocenters. The molecule has 0 saturated carbocycles.